The molecule has 7 heteroatoms. The standard InChI is InChI=1S/C17H18N4O3/c18-15(22)10-3-11-1-8-14(9-2-11)24-16(23)12-4-6-13(7-5-12)21-17(19)20/h1-2,4-9H,3,10H2,(H2,18,22)(H4,19,20,21). The molecular formula is C17H18N4O3. The van der Waals surface area contributed by atoms with Crippen molar-refractivity contribution in [2.75, 3.05) is 0 Å². The molecule has 0 fully saturated rings. The van der Waals surface area contributed by atoms with Gasteiger partial charge in [0.25, 0.3) is 0 Å². The van der Waals surface area contributed by atoms with E-state index in [2.05, 4.69) is 4.99 Å². The van der Waals surface area contributed by atoms with Crippen LogP contribution in [0.2, 0.25) is 0 Å². The maximum absolute atomic E-state index is 12.1. The Morgan fingerprint density at radius 3 is 2.08 bits per heavy atom. The number of hydrogen-bond donors (Lipinski definition) is 3. The summed E-state index contributed by atoms with van der Waals surface area (Å²) in [6.07, 6.45) is 0.830. The van der Waals surface area contributed by atoms with Crippen molar-refractivity contribution in [1.82, 2.24) is 0 Å². The predicted molar refractivity (Wildman–Crippen MR) is 90.8 cm³/mol. The van der Waals surface area contributed by atoms with E-state index in [4.69, 9.17) is 21.9 Å². The quantitative estimate of drug-likeness (QED) is 0.318. The van der Waals surface area contributed by atoms with Gasteiger partial charge in [-0.3, -0.25) is 4.79 Å². The summed E-state index contributed by atoms with van der Waals surface area (Å²) >= 11 is 0. The van der Waals surface area contributed by atoms with Gasteiger partial charge >= 0.3 is 5.97 Å². The molecule has 0 saturated heterocycles. The number of esters is 1. The molecule has 0 radical (unpaired) electrons. The molecule has 0 aliphatic rings. The van der Waals surface area contributed by atoms with Gasteiger partial charge in [-0.2, -0.15) is 0 Å². The Morgan fingerprint density at radius 2 is 1.54 bits per heavy atom. The summed E-state index contributed by atoms with van der Waals surface area (Å²) in [4.78, 5) is 26.7. The average molecular weight is 326 g/mol. The summed E-state index contributed by atoms with van der Waals surface area (Å²) < 4.78 is 5.29. The van der Waals surface area contributed by atoms with Gasteiger partial charge in [-0.25, -0.2) is 9.79 Å². The smallest absolute Gasteiger partial charge is 0.343 e. The molecule has 2 aromatic carbocycles. The number of amides is 1. The van der Waals surface area contributed by atoms with Crippen molar-refractivity contribution in [3.63, 3.8) is 0 Å². The molecule has 6 N–H and O–H groups in total. The number of ether oxygens (including phenoxy) is 1. The second kappa shape index (κ2) is 7.77. The van der Waals surface area contributed by atoms with E-state index in [1.54, 1.807) is 48.5 Å². The Morgan fingerprint density at radius 1 is 0.917 bits per heavy atom. The van der Waals surface area contributed by atoms with Crippen LogP contribution in [0.5, 0.6) is 5.75 Å². The summed E-state index contributed by atoms with van der Waals surface area (Å²) in [6, 6.07) is 13.3. The van der Waals surface area contributed by atoms with E-state index in [0.717, 1.165) is 5.56 Å². The van der Waals surface area contributed by atoms with Crippen molar-refractivity contribution in [3.05, 3.63) is 59.7 Å². The number of primary amides is 1. The van der Waals surface area contributed by atoms with Crippen molar-refractivity contribution in [2.24, 2.45) is 22.2 Å². The summed E-state index contributed by atoms with van der Waals surface area (Å²) in [5, 5.41) is 0. The molecule has 1 amide bonds. The molecule has 124 valence electrons. The molecule has 0 aliphatic carbocycles. The number of aliphatic imine (C=N–C) groups is 1. The fourth-order valence-corrected chi connectivity index (χ4v) is 1.98. The molecule has 0 aromatic heterocycles. The summed E-state index contributed by atoms with van der Waals surface area (Å²) in [7, 11) is 0. The van der Waals surface area contributed by atoms with Crippen LogP contribution in [0, 0.1) is 0 Å². The first kappa shape index (κ1) is 17.0. The van der Waals surface area contributed by atoms with Gasteiger partial charge < -0.3 is 21.9 Å². The van der Waals surface area contributed by atoms with Crippen molar-refractivity contribution < 1.29 is 14.3 Å². The zero-order chi connectivity index (χ0) is 17.5. The lowest BCUT2D eigenvalue weighted by Gasteiger charge is -2.06. The fraction of sp³-hybridized carbons (Fsp3) is 0.118. The van der Waals surface area contributed by atoms with Crippen LogP contribution in [-0.2, 0) is 11.2 Å². The highest BCUT2D eigenvalue weighted by molar-refractivity contribution is 5.91. The van der Waals surface area contributed by atoms with Gasteiger partial charge in [-0.05, 0) is 48.4 Å². The lowest BCUT2D eigenvalue weighted by molar-refractivity contribution is -0.117. The first-order valence-electron chi connectivity index (χ1n) is 7.23. The minimum atomic E-state index is -0.490. The van der Waals surface area contributed by atoms with Gasteiger partial charge in [-0.1, -0.05) is 12.1 Å². The Bertz CT molecular complexity index is 748. The molecule has 2 aromatic rings. The van der Waals surface area contributed by atoms with Crippen LogP contribution in [-0.4, -0.2) is 17.8 Å². The SMILES string of the molecule is NC(=O)CCc1ccc(OC(=O)c2ccc(N=C(N)N)cc2)cc1. The van der Waals surface area contributed by atoms with E-state index in [1.165, 1.54) is 0 Å². The van der Waals surface area contributed by atoms with Crippen molar-refractivity contribution in [2.45, 2.75) is 12.8 Å². The lowest BCUT2D eigenvalue weighted by atomic mass is 10.1. The minimum Gasteiger partial charge on any atom is -0.423 e. The third-order valence-electron chi connectivity index (χ3n) is 3.16. The normalized spacial score (nSPS) is 10.0. The predicted octanol–water partition coefficient (Wildman–Crippen LogP) is 1.23. The summed E-state index contributed by atoms with van der Waals surface area (Å²) in [5.74, 6) is -0.483. The lowest BCUT2D eigenvalue weighted by Crippen LogP contribution is -2.21. The average Bonchev–Trinajstić information content (AvgIpc) is 2.54. The minimum absolute atomic E-state index is 0.0539. The van der Waals surface area contributed by atoms with E-state index in [9.17, 15) is 9.59 Å². The molecule has 0 bridgehead atoms. The number of hydrogen-bond acceptors (Lipinski definition) is 4. The Labute approximate surface area is 139 Å². The van der Waals surface area contributed by atoms with E-state index < -0.39 is 5.97 Å². The van der Waals surface area contributed by atoms with E-state index >= 15 is 0 Å². The monoisotopic (exact) mass is 326 g/mol. The summed E-state index contributed by atoms with van der Waals surface area (Å²) in [6.45, 7) is 0. The molecule has 0 unspecified atom stereocenters. The van der Waals surface area contributed by atoms with Crippen LogP contribution in [0.4, 0.5) is 5.69 Å². The Balaban J connectivity index is 1.98. The van der Waals surface area contributed by atoms with Crippen LogP contribution in [0.25, 0.3) is 0 Å². The van der Waals surface area contributed by atoms with Crippen molar-refractivity contribution in [1.29, 1.82) is 0 Å². The fourth-order valence-electron chi connectivity index (χ4n) is 1.98. The third kappa shape index (κ3) is 5.13. The van der Waals surface area contributed by atoms with Gasteiger partial charge in [0.1, 0.15) is 5.75 Å². The second-order valence-electron chi connectivity index (χ2n) is 5.08. The summed E-state index contributed by atoms with van der Waals surface area (Å²) in [5.41, 5.74) is 17.5. The number of carbonyl (C=O) groups is 2. The molecule has 0 spiro atoms. The van der Waals surface area contributed by atoms with Gasteiger partial charge in [0.05, 0.1) is 11.3 Å². The van der Waals surface area contributed by atoms with Gasteiger partial charge in [-0.15, -0.1) is 0 Å². The number of nitrogens with zero attached hydrogens (tertiary/aromatic N) is 1. The van der Waals surface area contributed by atoms with E-state index in [-0.39, 0.29) is 18.3 Å². The molecule has 7 nitrogen and oxygen atoms in total. The van der Waals surface area contributed by atoms with Crippen LogP contribution in [0.1, 0.15) is 22.3 Å². The molecule has 0 heterocycles. The van der Waals surface area contributed by atoms with Gasteiger partial charge in [0.2, 0.25) is 5.91 Å². The molecule has 0 saturated carbocycles. The Hall–Kier alpha value is -3.35. The van der Waals surface area contributed by atoms with Crippen LogP contribution < -0.4 is 21.9 Å². The van der Waals surface area contributed by atoms with Crippen LogP contribution in [0.3, 0.4) is 0 Å². The topological polar surface area (TPSA) is 134 Å². The number of carbonyl (C=O) groups excluding carboxylic acids is 2. The third-order valence-corrected chi connectivity index (χ3v) is 3.16. The van der Waals surface area contributed by atoms with Gasteiger partial charge in [0.15, 0.2) is 5.96 Å². The number of guanidine groups is 1. The highest BCUT2D eigenvalue weighted by atomic mass is 16.5. The zero-order valence-electron chi connectivity index (χ0n) is 12.9. The van der Waals surface area contributed by atoms with E-state index in [0.29, 0.717) is 23.4 Å². The first-order chi connectivity index (χ1) is 11.4. The Kier molecular flexibility index (Phi) is 5.51. The molecule has 0 aliphatic heterocycles. The maximum Gasteiger partial charge on any atom is 0.343 e. The van der Waals surface area contributed by atoms with Crippen molar-refractivity contribution in [3.8, 4) is 5.75 Å². The van der Waals surface area contributed by atoms with Crippen molar-refractivity contribution >= 4 is 23.5 Å². The van der Waals surface area contributed by atoms with Crippen LogP contribution >= 0.6 is 0 Å². The largest absolute Gasteiger partial charge is 0.423 e. The first-order valence-corrected chi connectivity index (χ1v) is 7.23. The molecule has 2 rings (SSSR count). The second-order valence-corrected chi connectivity index (χ2v) is 5.08. The molecule has 0 atom stereocenters. The maximum atomic E-state index is 12.1. The number of benzene rings is 2. The molecule has 24 heavy (non-hydrogen) atoms. The molecular weight excluding hydrogens is 308 g/mol. The number of nitrogens with two attached hydrogens (primary N) is 3. The number of aryl methyl sites for hydroxylation is 1. The highest BCUT2D eigenvalue weighted by Gasteiger charge is 2.08. The zero-order valence-corrected chi connectivity index (χ0v) is 12.9. The van der Waals surface area contributed by atoms with E-state index in [1.807, 2.05) is 0 Å². The number of rotatable bonds is 6. The van der Waals surface area contributed by atoms with Gasteiger partial charge in [0, 0.05) is 6.42 Å². The van der Waals surface area contributed by atoms with Crippen LogP contribution in [0.15, 0.2) is 53.5 Å². The highest BCUT2D eigenvalue weighted by Crippen LogP contribution is 2.17.